The van der Waals surface area contributed by atoms with Crippen molar-refractivity contribution in [2.24, 2.45) is 0 Å². The minimum absolute atomic E-state index is 0. The molecule has 2 aliphatic heterocycles. The van der Waals surface area contributed by atoms with Gasteiger partial charge in [-0.3, -0.25) is 9.89 Å². The molecule has 0 radical (unpaired) electrons. The van der Waals surface area contributed by atoms with Gasteiger partial charge in [0, 0.05) is 30.7 Å². The van der Waals surface area contributed by atoms with E-state index < -0.39 is 0 Å². The van der Waals surface area contributed by atoms with E-state index in [1.165, 1.54) is 0 Å². The van der Waals surface area contributed by atoms with E-state index in [-0.39, 0.29) is 18.3 Å². The van der Waals surface area contributed by atoms with Gasteiger partial charge in [0.15, 0.2) is 0 Å². The van der Waals surface area contributed by atoms with E-state index in [0.717, 1.165) is 37.2 Å². The van der Waals surface area contributed by atoms with Crippen LogP contribution in [0.3, 0.4) is 0 Å². The Labute approximate surface area is 135 Å². The minimum Gasteiger partial charge on any atom is -0.330 e. The zero-order valence-electron chi connectivity index (χ0n) is 12.2. The van der Waals surface area contributed by atoms with Crippen molar-refractivity contribution in [2.45, 2.75) is 24.9 Å². The fourth-order valence-corrected chi connectivity index (χ4v) is 3.52. The second-order valence-electron chi connectivity index (χ2n) is 5.78. The third kappa shape index (κ3) is 2.40. The summed E-state index contributed by atoms with van der Waals surface area (Å²) in [5.41, 5.74) is 2.50. The van der Waals surface area contributed by atoms with E-state index in [1.54, 1.807) is 6.20 Å². The summed E-state index contributed by atoms with van der Waals surface area (Å²) in [5.74, 6) is 0.108. The van der Waals surface area contributed by atoms with Gasteiger partial charge in [0.25, 0.3) is 5.91 Å². The lowest BCUT2D eigenvalue weighted by Crippen LogP contribution is -2.54. The van der Waals surface area contributed by atoms with Crippen molar-refractivity contribution >= 4 is 18.3 Å². The Balaban J connectivity index is 0.00000144. The smallest absolute Gasteiger partial charge is 0.258 e. The summed E-state index contributed by atoms with van der Waals surface area (Å²) in [6, 6.07) is 10.6. The number of nitrogens with one attached hydrogen (secondary N) is 2. The molecular formula is C16H19ClN4O. The second-order valence-corrected chi connectivity index (χ2v) is 5.78. The number of nitrogens with zero attached hydrogens (tertiary/aromatic N) is 2. The summed E-state index contributed by atoms with van der Waals surface area (Å²) >= 11 is 0. The highest BCUT2D eigenvalue weighted by Gasteiger charge is 2.40. The molecule has 0 spiro atoms. The van der Waals surface area contributed by atoms with Gasteiger partial charge in [-0.2, -0.15) is 5.10 Å². The van der Waals surface area contributed by atoms with Crippen molar-refractivity contribution in [2.75, 3.05) is 13.1 Å². The van der Waals surface area contributed by atoms with Crippen LogP contribution >= 0.6 is 12.4 Å². The molecule has 0 saturated carbocycles. The molecule has 2 aliphatic rings. The quantitative estimate of drug-likeness (QED) is 0.891. The largest absolute Gasteiger partial charge is 0.330 e. The molecular weight excluding hydrogens is 300 g/mol. The molecule has 116 valence electrons. The lowest BCUT2D eigenvalue weighted by Gasteiger charge is -2.35. The number of benzene rings is 1. The molecule has 1 aromatic heterocycles. The molecule has 0 aliphatic carbocycles. The van der Waals surface area contributed by atoms with Gasteiger partial charge in [0.05, 0.1) is 17.5 Å². The predicted octanol–water partition coefficient (Wildman–Crippen LogP) is 2.07. The van der Waals surface area contributed by atoms with Gasteiger partial charge in [-0.25, -0.2) is 0 Å². The molecule has 4 rings (SSSR count). The molecule has 2 saturated heterocycles. The lowest BCUT2D eigenvalue weighted by molar-refractivity contribution is 0.0620. The number of piperazine rings is 1. The van der Waals surface area contributed by atoms with Crippen LogP contribution < -0.4 is 5.32 Å². The molecule has 1 amide bonds. The average molecular weight is 319 g/mol. The topological polar surface area (TPSA) is 61.0 Å². The van der Waals surface area contributed by atoms with Crippen molar-refractivity contribution in [3.8, 4) is 11.3 Å². The number of rotatable bonds is 2. The van der Waals surface area contributed by atoms with Crippen LogP contribution in [0, 0.1) is 0 Å². The summed E-state index contributed by atoms with van der Waals surface area (Å²) < 4.78 is 0. The number of hydrogen-bond donors (Lipinski definition) is 2. The molecule has 1 aromatic carbocycles. The van der Waals surface area contributed by atoms with Gasteiger partial charge in [-0.05, 0) is 12.8 Å². The minimum atomic E-state index is 0. The van der Waals surface area contributed by atoms with E-state index in [2.05, 4.69) is 20.4 Å². The van der Waals surface area contributed by atoms with Crippen LogP contribution in [-0.2, 0) is 0 Å². The number of carbonyl (C=O) groups excluding carboxylic acids is 1. The van der Waals surface area contributed by atoms with Gasteiger partial charge >= 0.3 is 0 Å². The number of H-pyrrole nitrogens is 1. The van der Waals surface area contributed by atoms with Crippen molar-refractivity contribution in [3.63, 3.8) is 0 Å². The fourth-order valence-electron chi connectivity index (χ4n) is 3.52. The SMILES string of the molecule is Cl.O=C(c1cn[nH]c1-c1ccccc1)N1[C@@H]2CC[C@H]1CNC2. The third-order valence-corrected chi connectivity index (χ3v) is 4.55. The number of halogens is 1. The van der Waals surface area contributed by atoms with Crippen LogP contribution in [0.25, 0.3) is 11.3 Å². The summed E-state index contributed by atoms with van der Waals surface area (Å²) in [6.07, 6.45) is 3.86. The van der Waals surface area contributed by atoms with E-state index in [4.69, 9.17) is 0 Å². The van der Waals surface area contributed by atoms with Crippen LogP contribution in [0.2, 0.25) is 0 Å². The molecule has 6 heteroatoms. The standard InChI is InChI=1S/C16H18N4O.ClH/c21-16(20-12-6-7-13(20)9-17-8-12)14-10-18-19-15(14)11-4-2-1-3-5-11;/h1-5,10,12-13,17H,6-9H2,(H,18,19);1H/t12-,13+;. The molecule has 2 aromatic rings. The number of aromatic nitrogens is 2. The maximum Gasteiger partial charge on any atom is 0.258 e. The molecule has 2 atom stereocenters. The van der Waals surface area contributed by atoms with Crippen molar-refractivity contribution < 1.29 is 4.79 Å². The Hall–Kier alpha value is -1.85. The lowest BCUT2D eigenvalue weighted by atomic mass is 10.1. The summed E-state index contributed by atoms with van der Waals surface area (Å²) in [4.78, 5) is 15.0. The molecule has 22 heavy (non-hydrogen) atoms. The van der Waals surface area contributed by atoms with Crippen LogP contribution in [-0.4, -0.2) is 46.2 Å². The number of amides is 1. The van der Waals surface area contributed by atoms with Crippen molar-refractivity contribution in [1.29, 1.82) is 0 Å². The van der Waals surface area contributed by atoms with Crippen LogP contribution in [0.1, 0.15) is 23.2 Å². The normalized spacial score (nSPS) is 23.2. The maximum atomic E-state index is 13.0. The zero-order valence-corrected chi connectivity index (χ0v) is 13.0. The summed E-state index contributed by atoms with van der Waals surface area (Å²) in [5, 5.41) is 10.5. The summed E-state index contributed by atoms with van der Waals surface area (Å²) in [7, 11) is 0. The number of aromatic amines is 1. The molecule has 2 N–H and O–H groups in total. The van der Waals surface area contributed by atoms with Gasteiger partial charge in [-0.15, -0.1) is 12.4 Å². The molecule has 3 heterocycles. The van der Waals surface area contributed by atoms with Crippen LogP contribution in [0.15, 0.2) is 36.5 Å². The Kier molecular flexibility index (Phi) is 4.18. The van der Waals surface area contributed by atoms with E-state index in [9.17, 15) is 4.79 Å². The predicted molar refractivity (Wildman–Crippen MR) is 87.1 cm³/mol. The first-order chi connectivity index (χ1) is 10.3. The van der Waals surface area contributed by atoms with Gasteiger partial charge in [0.2, 0.25) is 0 Å². The van der Waals surface area contributed by atoms with E-state index in [1.807, 2.05) is 30.3 Å². The van der Waals surface area contributed by atoms with Crippen molar-refractivity contribution in [1.82, 2.24) is 20.4 Å². The van der Waals surface area contributed by atoms with Gasteiger partial charge in [0.1, 0.15) is 0 Å². The highest BCUT2D eigenvalue weighted by molar-refractivity contribution is 6.00. The van der Waals surface area contributed by atoms with E-state index >= 15 is 0 Å². The Morgan fingerprint density at radius 1 is 1.14 bits per heavy atom. The highest BCUT2D eigenvalue weighted by atomic mass is 35.5. The summed E-state index contributed by atoms with van der Waals surface area (Å²) in [6.45, 7) is 1.81. The molecule has 5 nitrogen and oxygen atoms in total. The monoisotopic (exact) mass is 318 g/mol. The number of carbonyl (C=O) groups is 1. The van der Waals surface area contributed by atoms with Crippen LogP contribution in [0.4, 0.5) is 0 Å². The average Bonchev–Trinajstić information content (AvgIpc) is 3.11. The first-order valence-electron chi connectivity index (χ1n) is 7.47. The Bertz CT molecular complexity index is 641. The molecule has 2 bridgehead atoms. The van der Waals surface area contributed by atoms with Gasteiger partial charge in [-0.1, -0.05) is 30.3 Å². The second kappa shape index (κ2) is 6.10. The Morgan fingerprint density at radius 3 is 2.50 bits per heavy atom. The highest BCUT2D eigenvalue weighted by Crippen LogP contribution is 2.30. The zero-order chi connectivity index (χ0) is 14.2. The molecule has 2 fully saturated rings. The molecule has 0 unspecified atom stereocenters. The Morgan fingerprint density at radius 2 is 1.82 bits per heavy atom. The van der Waals surface area contributed by atoms with Crippen molar-refractivity contribution in [3.05, 3.63) is 42.1 Å². The first-order valence-corrected chi connectivity index (χ1v) is 7.47. The third-order valence-electron chi connectivity index (χ3n) is 4.55. The van der Waals surface area contributed by atoms with Gasteiger partial charge < -0.3 is 10.2 Å². The fraction of sp³-hybridized carbons (Fsp3) is 0.375. The maximum absolute atomic E-state index is 13.0. The number of fused-ring (bicyclic) bond motifs is 2. The van der Waals surface area contributed by atoms with Crippen LogP contribution in [0.5, 0.6) is 0 Å². The number of hydrogen-bond acceptors (Lipinski definition) is 3. The first kappa shape index (κ1) is 15.1. The van der Waals surface area contributed by atoms with E-state index in [0.29, 0.717) is 17.6 Å².